The molecule has 3 rings (SSSR count). The zero-order valence-electron chi connectivity index (χ0n) is 20.4. The van der Waals surface area contributed by atoms with Crippen molar-refractivity contribution in [1.29, 1.82) is 0 Å². The average Bonchev–Trinajstić information content (AvgIpc) is 3.31. The summed E-state index contributed by atoms with van der Waals surface area (Å²) in [7, 11) is 0. The van der Waals surface area contributed by atoms with Crippen LogP contribution in [-0.4, -0.2) is 45.3 Å². The predicted molar refractivity (Wildman–Crippen MR) is 128 cm³/mol. The SMILES string of the molecule is CC(C)(C)CC(=O)N1CCC(O)C1.CCC.Cc1ncsc1-c1ccc(CNO)cc1.[Y]. The van der Waals surface area contributed by atoms with Crippen molar-refractivity contribution in [3.8, 4) is 10.4 Å². The Bertz CT molecular complexity index is 776. The topological polar surface area (TPSA) is 85.7 Å². The van der Waals surface area contributed by atoms with E-state index in [4.69, 9.17) is 5.21 Å². The second-order valence-electron chi connectivity index (χ2n) is 9.03. The van der Waals surface area contributed by atoms with Gasteiger partial charge in [0.25, 0.3) is 0 Å². The first-order chi connectivity index (χ1) is 14.6. The normalized spacial score (nSPS) is 15.1. The number of β-amino-alcohol motifs (C(OH)–C–C–N with tert-alkyl or cyclic N) is 1. The molecule has 0 spiro atoms. The summed E-state index contributed by atoms with van der Waals surface area (Å²) in [6, 6.07) is 8.09. The first kappa shape index (κ1) is 31.3. The van der Waals surface area contributed by atoms with Crippen molar-refractivity contribution in [2.45, 2.75) is 73.5 Å². The quantitative estimate of drug-likeness (QED) is 0.476. The molecule has 1 fully saturated rings. The summed E-state index contributed by atoms with van der Waals surface area (Å²) >= 11 is 1.65. The van der Waals surface area contributed by atoms with Crippen molar-refractivity contribution in [2.75, 3.05) is 13.1 Å². The third-order valence-electron chi connectivity index (χ3n) is 4.44. The molecular formula is C24H39N3O3SY. The van der Waals surface area contributed by atoms with Gasteiger partial charge in [0.15, 0.2) is 0 Å². The third-order valence-corrected chi connectivity index (χ3v) is 5.42. The smallest absolute Gasteiger partial charge is 0.223 e. The van der Waals surface area contributed by atoms with Gasteiger partial charge in [0.2, 0.25) is 5.91 Å². The van der Waals surface area contributed by atoms with E-state index in [9.17, 15) is 9.90 Å². The molecule has 1 aromatic carbocycles. The van der Waals surface area contributed by atoms with Gasteiger partial charge >= 0.3 is 0 Å². The zero-order valence-corrected chi connectivity index (χ0v) is 24.0. The largest absolute Gasteiger partial charge is 0.391 e. The van der Waals surface area contributed by atoms with E-state index >= 15 is 0 Å². The van der Waals surface area contributed by atoms with Crippen molar-refractivity contribution in [1.82, 2.24) is 15.4 Å². The van der Waals surface area contributed by atoms with Crippen LogP contribution < -0.4 is 5.48 Å². The molecule has 0 saturated carbocycles. The van der Waals surface area contributed by atoms with E-state index in [0.717, 1.165) is 24.2 Å². The number of hydrogen-bond acceptors (Lipinski definition) is 6. The molecule has 1 aliphatic rings. The molecule has 177 valence electrons. The van der Waals surface area contributed by atoms with Crippen LogP contribution in [0.3, 0.4) is 0 Å². The fraction of sp³-hybridized carbons (Fsp3) is 0.583. The number of nitrogens with one attached hydrogen (secondary N) is 1. The number of hydroxylamine groups is 1. The molecule has 6 nitrogen and oxygen atoms in total. The summed E-state index contributed by atoms with van der Waals surface area (Å²) in [5.74, 6) is 0.170. The van der Waals surface area contributed by atoms with Gasteiger partial charge in [-0.1, -0.05) is 65.3 Å². The minimum atomic E-state index is -0.302. The van der Waals surface area contributed by atoms with Gasteiger partial charge in [0, 0.05) is 58.8 Å². The number of thiazole rings is 1. The van der Waals surface area contributed by atoms with Crippen molar-refractivity contribution in [3.63, 3.8) is 0 Å². The number of likely N-dealkylation sites (tertiary alicyclic amines) is 1. The summed E-state index contributed by atoms with van der Waals surface area (Å²) in [4.78, 5) is 18.8. The van der Waals surface area contributed by atoms with Crippen LogP contribution in [0.4, 0.5) is 0 Å². The average molecular weight is 539 g/mol. The van der Waals surface area contributed by atoms with Gasteiger partial charge in [-0.2, -0.15) is 0 Å². The van der Waals surface area contributed by atoms with E-state index in [2.05, 4.69) is 45.1 Å². The van der Waals surface area contributed by atoms with Gasteiger partial charge in [-0.25, -0.2) is 10.5 Å². The van der Waals surface area contributed by atoms with Crippen LogP contribution in [0.25, 0.3) is 10.4 Å². The van der Waals surface area contributed by atoms with E-state index < -0.39 is 0 Å². The van der Waals surface area contributed by atoms with Gasteiger partial charge < -0.3 is 15.2 Å². The van der Waals surface area contributed by atoms with Gasteiger partial charge in [0.05, 0.1) is 22.2 Å². The molecule has 2 aromatic rings. The number of nitrogens with zero attached hydrogens (tertiary/aromatic N) is 2. The Kier molecular flexibility index (Phi) is 15.7. The second-order valence-corrected chi connectivity index (χ2v) is 9.88. The molecule has 8 heteroatoms. The van der Waals surface area contributed by atoms with Crippen LogP contribution in [-0.2, 0) is 44.0 Å². The Balaban J connectivity index is 0.000000525. The second kappa shape index (κ2) is 16.0. The Labute approximate surface area is 222 Å². The van der Waals surface area contributed by atoms with Crippen LogP contribution in [0.5, 0.6) is 0 Å². The number of aliphatic hydroxyl groups is 1. The summed E-state index contributed by atoms with van der Waals surface area (Å²) in [5.41, 5.74) is 7.34. The maximum atomic E-state index is 11.6. The molecule has 0 bridgehead atoms. The van der Waals surface area contributed by atoms with Gasteiger partial charge in [0.1, 0.15) is 0 Å². The molecule has 1 saturated heterocycles. The van der Waals surface area contributed by atoms with E-state index in [-0.39, 0.29) is 50.1 Å². The standard InChI is InChI=1S/C11H12N2OS.C10H19NO2.C3H8.Y/c1-8-11(15-7-12-8)10-4-2-9(3-5-10)6-13-14;1-10(2,3)6-9(13)11-5-4-8(12)7-11;1-3-2;/h2-5,7,13-14H,6H2,1H3;8,12H,4-7H2,1-3H3;3H2,1-2H3;. The first-order valence-electron chi connectivity index (χ1n) is 10.9. The fourth-order valence-corrected chi connectivity index (χ4v) is 3.79. The fourth-order valence-electron chi connectivity index (χ4n) is 2.98. The Morgan fingerprint density at radius 1 is 1.25 bits per heavy atom. The van der Waals surface area contributed by atoms with Crippen LogP contribution in [0.15, 0.2) is 29.8 Å². The molecule has 1 aromatic heterocycles. The minimum absolute atomic E-state index is 0. The summed E-state index contributed by atoms with van der Waals surface area (Å²) in [5, 5.41) is 17.8. The number of carbonyl (C=O) groups is 1. The number of amides is 1. The first-order valence-corrected chi connectivity index (χ1v) is 11.8. The van der Waals surface area contributed by atoms with Gasteiger partial charge in [-0.15, -0.1) is 11.3 Å². The Hall–Kier alpha value is -0.696. The number of carbonyl (C=O) groups excluding carboxylic acids is 1. The summed E-state index contributed by atoms with van der Waals surface area (Å²) in [6.07, 6.45) is 2.25. The van der Waals surface area contributed by atoms with Crippen LogP contribution in [0.1, 0.15) is 65.1 Å². The van der Waals surface area contributed by atoms with Gasteiger partial charge in [-0.05, 0) is 29.9 Å². The zero-order chi connectivity index (χ0) is 23.4. The molecular weight excluding hydrogens is 499 g/mol. The Morgan fingerprint density at radius 2 is 1.84 bits per heavy atom. The van der Waals surface area contributed by atoms with E-state index in [1.807, 2.05) is 36.7 Å². The maximum absolute atomic E-state index is 11.6. The van der Waals surface area contributed by atoms with Crippen LogP contribution in [0.2, 0.25) is 0 Å². The summed E-state index contributed by atoms with van der Waals surface area (Å²) in [6.45, 7) is 14.1. The van der Waals surface area contributed by atoms with E-state index in [1.165, 1.54) is 16.9 Å². The molecule has 1 radical (unpaired) electrons. The monoisotopic (exact) mass is 538 g/mol. The van der Waals surface area contributed by atoms with E-state index in [0.29, 0.717) is 19.5 Å². The third kappa shape index (κ3) is 12.0. The van der Waals surface area contributed by atoms with Crippen molar-refractivity contribution in [3.05, 3.63) is 41.0 Å². The van der Waals surface area contributed by atoms with E-state index in [1.54, 1.807) is 16.2 Å². The van der Waals surface area contributed by atoms with Crippen LogP contribution in [0, 0.1) is 12.3 Å². The predicted octanol–water partition coefficient (Wildman–Crippen LogP) is 5.03. The minimum Gasteiger partial charge on any atom is -0.391 e. The number of aromatic nitrogens is 1. The number of hydrogen-bond donors (Lipinski definition) is 3. The molecule has 1 aliphatic heterocycles. The molecule has 0 aliphatic carbocycles. The van der Waals surface area contributed by atoms with Crippen molar-refractivity contribution >= 4 is 17.2 Å². The molecule has 1 unspecified atom stereocenters. The number of benzene rings is 1. The van der Waals surface area contributed by atoms with Gasteiger partial charge in [-0.3, -0.25) is 4.79 Å². The van der Waals surface area contributed by atoms with Crippen molar-refractivity contribution in [2.24, 2.45) is 5.41 Å². The molecule has 32 heavy (non-hydrogen) atoms. The molecule has 1 atom stereocenters. The number of aliphatic hydroxyl groups excluding tert-OH is 1. The van der Waals surface area contributed by atoms with Crippen molar-refractivity contribution < 1.29 is 47.8 Å². The maximum Gasteiger partial charge on any atom is 0.223 e. The summed E-state index contributed by atoms with van der Waals surface area (Å²) < 4.78 is 0. The Morgan fingerprint density at radius 3 is 2.25 bits per heavy atom. The van der Waals surface area contributed by atoms with Crippen LogP contribution >= 0.6 is 11.3 Å². The molecule has 2 heterocycles. The molecule has 1 amide bonds. The molecule has 3 N–H and O–H groups in total. The number of aryl methyl sites for hydroxylation is 1. The number of rotatable bonds is 4.